The first-order chi connectivity index (χ1) is 14.5. The standard InChI is InChI=1S/C21H23N3O5S/c1-26-14-6-4-13(5-7-14)20-22-24(21(30)29-20)12-23-10-15-17(27-2)8-9-18(28-3)19(15)16(25)11-23/h4-9,16,25H,10-12H2,1-3H3/t16-/m0/s1. The van der Waals surface area contributed by atoms with Crippen LogP contribution in [0.5, 0.6) is 17.2 Å². The van der Waals surface area contributed by atoms with Crippen LogP contribution in [-0.4, -0.2) is 47.7 Å². The van der Waals surface area contributed by atoms with Gasteiger partial charge < -0.3 is 23.7 Å². The Bertz CT molecular complexity index is 1090. The molecule has 1 N–H and O–H groups in total. The van der Waals surface area contributed by atoms with Gasteiger partial charge in [0.2, 0.25) is 5.89 Å². The molecule has 0 saturated carbocycles. The maximum atomic E-state index is 10.8. The summed E-state index contributed by atoms with van der Waals surface area (Å²) in [6.45, 7) is 1.33. The van der Waals surface area contributed by atoms with Crippen molar-refractivity contribution < 1.29 is 23.7 Å². The third-order valence-corrected chi connectivity index (χ3v) is 5.43. The van der Waals surface area contributed by atoms with Gasteiger partial charge in [-0.25, -0.2) is 4.68 Å². The first kappa shape index (κ1) is 20.4. The quantitative estimate of drug-likeness (QED) is 0.597. The lowest BCUT2D eigenvalue weighted by molar-refractivity contribution is 0.0665. The second kappa shape index (κ2) is 8.47. The fourth-order valence-corrected chi connectivity index (χ4v) is 3.87. The van der Waals surface area contributed by atoms with Gasteiger partial charge in [-0.05, 0) is 48.6 Å². The Morgan fingerprint density at radius 1 is 1.07 bits per heavy atom. The van der Waals surface area contributed by atoms with E-state index in [0.29, 0.717) is 37.1 Å². The fraction of sp³-hybridized carbons (Fsp3) is 0.333. The summed E-state index contributed by atoms with van der Waals surface area (Å²) in [5.41, 5.74) is 2.45. The number of rotatable bonds is 6. The zero-order chi connectivity index (χ0) is 21.3. The van der Waals surface area contributed by atoms with Crippen LogP contribution in [0.1, 0.15) is 17.2 Å². The molecule has 2 aromatic carbocycles. The van der Waals surface area contributed by atoms with Crippen molar-refractivity contribution >= 4 is 12.2 Å². The van der Waals surface area contributed by atoms with Gasteiger partial charge in [0.1, 0.15) is 17.2 Å². The second-order valence-electron chi connectivity index (χ2n) is 6.93. The number of β-amino-alcohol motifs (C(OH)–C–C–N with tert-alkyl or cyclic N) is 1. The van der Waals surface area contributed by atoms with Crippen LogP contribution in [-0.2, 0) is 13.2 Å². The zero-order valence-corrected chi connectivity index (χ0v) is 17.8. The SMILES string of the molecule is COc1ccc(-c2nn(CN3Cc4c(OC)ccc(OC)c4[C@@H](O)C3)c(=S)o2)cc1. The Balaban J connectivity index is 1.59. The second-order valence-corrected chi connectivity index (χ2v) is 7.28. The molecule has 0 unspecified atom stereocenters. The van der Waals surface area contributed by atoms with Crippen LogP contribution in [0.15, 0.2) is 40.8 Å². The maximum absolute atomic E-state index is 10.8. The molecule has 0 saturated heterocycles. The smallest absolute Gasteiger partial charge is 0.288 e. The number of hydrogen-bond acceptors (Lipinski definition) is 8. The molecule has 30 heavy (non-hydrogen) atoms. The number of hydrogen-bond donors (Lipinski definition) is 1. The summed E-state index contributed by atoms with van der Waals surface area (Å²) in [7, 11) is 4.82. The van der Waals surface area contributed by atoms with E-state index in [1.807, 2.05) is 41.3 Å². The van der Waals surface area contributed by atoms with E-state index in [4.69, 9.17) is 30.8 Å². The molecule has 1 aliphatic heterocycles. The normalized spacial score (nSPS) is 16.2. The monoisotopic (exact) mass is 429 g/mol. The Labute approximate surface area is 179 Å². The Hall–Kier alpha value is -2.88. The van der Waals surface area contributed by atoms with E-state index >= 15 is 0 Å². The third-order valence-electron chi connectivity index (χ3n) is 5.14. The van der Waals surface area contributed by atoms with Crippen molar-refractivity contribution in [3.63, 3.8) is 0 Å². The van der Waals surface area contributed by atoms with Crippen LogP contribution in [0.3, 0.4) is 0 Å². The summed E-state index contributed by atoms with van der Waals surface area (Å²) in [4.78, 5) is 2.30. The number of aromatic nitrogens is 2. The minimum atomic E-state index is -0.721. The van der Waals surface area contributed by atoms with E-state index in [2.05, 4.69) is 5.10 Å². The number of methoxy groups -OCH3 is 3. The number of fused-ring (bicyclic) bond motifs is 1. The molecule has 0 fully saturated rings. The topological polar surface area (TPSA) is 82.1 Å². The Morgan fingerprint density at radius 3 is 2.43 bits per heavy atom. The van der Waals surface area contributed by atoms with E-state index in [9.17, 15) is 5.11 Å². The first-order valence-electron chi connectivity index (χ1n) is 9.40. The van der Waals surface area contributed by atoms with Crippen molar-refractivity contribution in [2.24, 2.45) is 0 Å². The van der Waals surface area contributed by atoms with Crippen molar-refractivity contribution in [1.29, 1.82) is 0 Å². The summed E-state index contributed by atoms with van der Waals surface area (Å²) < 4.78 is 23.4. The number of nitrogens with zero attached hydrogens (tertiary/aromatic N) is 3. The molecule has 0 bridgehead atoms. The van der Waals surface area contributed by atoms with Crippen LogP contribution in [0.25, 0.3) is 11.5 Å². The van der Waals surface area contributed by atoms with Gasteiger partial charge in [0.15, 0.2) is 0 Å². The van der Waals surface area contributed by atoms with E-state index in [-0.39, 0.29) is 4.84 Å². The molecule has 9 heteroatoms. The summed E-state index contributed by atoms with van der Waals surface area (Å²) in [5, 5.41) is 15.3. The van der Waals surface area contributed by atoms with Gasteiger partial charge in [-0.1, -0.05) is 0 Å². The van der Waals surface area contributed by atoms with Crippen molar-refractivity contribution in [3.8, 4) is 28.7 Å². The van der Waals surface area contributed by atoms with Crippen LogP contribution >= 0.6 is 12.2 Å². The predicted molar refractivity (Wildman–Crippen MR) is 112 cm³/mol. The van der Waals surface area contributed by atoms with E-state index in [1.165, 1.54) is 0 Å². The maximum Gasteiger partial charge on any atom is 0.288 e. The summed E-state index contributed by atoms with van der Waals surface area (Å²) in [5.74, 6) is 2.54. The molecule has 4 rings (SSSR count). The number of benzene rings is 2. The lowest BCUT2D eigenvalue weighted by atomic mass is 9.95. The van der Waals surface area contributed by atoms with E-state index < -0.39 is 6.10 Å². The van der Waals surface area contributed by atoms with E-state index in [0.717, 1.165) is 22.4 Å². The predicted octanol–water partition coefficient (Wildman–Crippen LogP) is 3.41. The minimum absolute atomic E-state index is 0.263. The molecule has 1 atom stereocenters. The average molecular weight is 429 g/mol. The molecule has 1 aromatic heterocycles. The highest BCUT2D eigenvalue weighted by Gasteiger charge is 2.30. The Kier molecular flexibility index (Phi) is 5.76. The van der Waals surface area contributed by atoms with Gasteiger partial charge in [-0.3, -0.25) is 4.90 Å². The van der Waals surface area contributed by atoms with Crippen LogP contribution in [0.4, 0.5) is 0 Å². The minimum Gasteiger partial charge on any atom is -0.497 e. The molecule has 158 valence electrons. The lowest BCUT2D eigenvalue weighted by Crippen LogP contribution is -2.35. The largest absolute Gasteiger partial charge is 0.497 e. The lowest BCUT2D eigenvalue weighted by Gasteiger charge is -2.33. The zero-order valence-electron chi connectivity index (χ0n) is 17.0. The first-order valence-corrected chi connectivity index (χ1v) is 9.81. The molecule has 3 aromatic rings. The highest BCUT2D eigenvalue weighted by atomic mass is 32.1. The summed E-state index contributed by atoms with van der Waals surface area (Å²) in [6.07, 6.45) is -0.721. The molecule has 2 heterocycles. The van der Waals surface area contributed by atoms with Crippen molar-refractivity contribution in [2.75, 3.05) is 27.9 Å². The third kappa shape index (κ3) is 3.79. The van der Waals surface area contributed by atoms with Crippen molar-refractivity contribution in [3.05, 3.63) is 52.4 Å². The van der Waals surface area contributed by atoms with Gasteiger partial charge >= 0.3 is 0 Å². The number of aliphatic hydroxyl groups excluding tert-OH is 1. The van der Waals surface area contributed by atoms with Crippen molar-refractivity contribution in [1.82, 2.24) is 14.7 Å². The summed E-state index contributed by atoms with van der Waals surface area (Å²) in [6, 6.07) is 11.1. The molecule has 0 spiro atoms. The molecule has 0 aliphatic carbocycles. The molecule has 1 aliphatic rings. The molecular formula is C21H23N3O5S. The van der Waals surface area contributed by atoms with Gasteiger partial charge in [0, 0.05) is 29.8 Å². The van der Waals surface area contributed by atoms with Crippen LogP contribution in [0, 0.1) is 4.84 Å². The Morgan fingerprint density at radius 2 is 1.77 bits per heavy atom. The number of ether oxygens (including phenoxy) is 3. The number of aliphatic hydroxyl groups is 1. The van der Waals surface area contributed by atoms with Gasteiger partial charge in [-0.2, -0.15) is 0 Å². The van der Waals surface area contributed by atoms with Gasteiger partial charge in [0.25, 0.3) is 4.84 Å². The van der Waals surface area contributed by atoms with Gasteiger partial charge in [-0.15, -0.1) is 5.10 Å². The molecule has 0 amide bonds. The van der Waals surface area contributed by atoms with Crippen LogP contribution in [0.2, 0.25) is 0 Å². The highest BCUT2D eigenvalue weighted by Crippen LogP contribution is 2.39. The van der Waals surface area contributed by atoms with Crippen molar-refractivity contribution in [2.45, 2.75) is 19.3 Å². The summed E-state index contributed by atoms with van der Waals surface area (Å²) >= 11 is 5.36. The highest BCUT2D eigenvalue weighted by molar-refractivity contribution is 7.71. The molecular weight excluding hydrogens is 406 g/mol. The molecule has 8 nitrogen and oxygen atoms in total. The molecule has 0 radical (unpaired) electrons. The van der Waals surface area contributed by atoms with Crippen LogP contribution < -0.4 is 14.2 Å². The van der Waals surface area contributed by atoms with Gasteiger partial charge in [0.05, 0.1) is 34.1 Å². The average Bonchev–Trinajstić information content (AvgIpc) is 3.13. The van der Waals surface area contributed by atoms with E-state index in [1.54, 1.807) is 26.0 Å². The fourth-order valence-electron chi connectivity index (χ4n) is 3.69.